The molecule has 0 bridgehead atoms. The molecule has 0 aliphatic heterocycles. The van der Waals surface area contributed by atoms with E-state index in [1.54, 1.807) is 0 Å². The first-order valence-electron chi connectivity index (χ1n) is 8.65. The predicted molar refractivity (Wildman–Crippen MR) is 103 cm³/mol. The molecule has 1 aliphatic rings. The van der Waals surface area contributed by atoms with Crippen molar-refractivity contribution in [2.75, 3.05) is 5.32 Å². The van der Waals surface area contributed by atoms with Crippen molar-refractivity contribution in [3.8, 4) is 11.3 Å². The van der Waals surface area contributed by atoms with E-state index in [4.69, 9.17) is 11.6 Å². The summed E-state index contributed by atoms with van der Waals surface area (Å²) in [6, 6.07) is 18.8. The molecule has 0 amide bonds. The van der Waals surface area contributed by atoms with Gasteiger partial charge < -0.3 is 5.32 Å². The van der Waals surface area contributed by atoms with Crippen LogP contribution in [0.2, 0.25) is 5.02 Å². The third-order valence-corrected chi connectivity index (χ3v) is 4.88. The number of fused-ring (bicyclic) bond motifs is 1. The number of nitrogens with zero attached hydrogens (tertiary/aromatic N) is 2. The maximum absolute atomic E-state index is 6.13. The Hall–Kier alpha value is -2.39. The second kappa shape index (κ2) is 6.85. The molecule has 0 spiro atoms. The molecule has 3 nitrogen and oxygen atoms in total. The molecule has 3 aromatic rings. The molecule has 1 N–H and O–H groups in total. The zero-order chi connectivity index (χ0) is 17.2. The lowest BCUT2D eigenvalue weighted by molar-refractivity contribution is 0.598. The molecule has 1 heterocycles. The van der Waals surface area contributed by atoms with E-state index in [-0.39, 0.29) is 0 Å². The summed E-state index contributed by atoms with van der Waals surface area (Å²) in [4.78, 5) is 9.17. The van der Waals surface area contributed by atoms with Crippen LogP contribution in [0.5, 0.6) is 0 Å². The van der Waals surface area contributed by atoms with Crippen LogP contribution >= 0.6 is 11.6 Å². The highest BCUT2D eigenvalue weighted by atomic mass is 35.5. The average Bonchev–Trinajstić information content (AvgIpc) is 2.62. The van der Waals surface area contributed by atoms with Gasteiger partial charge in [-0.1, -0.05) is 48.0 Å². The van der Waals surface area contributed by atoms with Crippen molar-refractivity contribution >= 4 is 17.4 Å². The summed E-state index contributed by atoms with van der Waals surface area (Å²) >= 11 is 6.13. The van der Waals surface area contributed by atoms with Crippen LogP contribution in [0.1, 0.15) is 35.8 Å². The van der Waals surface area contributed by atoms with Gasteiger partial charge in [0.25, 0.3) is 0 Å². The van der Waals surface area contributed by atoms with E-state index >= 15 is 0 Å². The molecule has 2 aromatic carbocycles. The van der Waals surface area contributed by atoms with E-state index < -0.39 is 0 Å². The fraction of sp³-hybridized carbons (Fsp3) is 0.238. The van der Waals surface area contributed by atoms with E-state index in [1.165, 1.54) is 17.5 Å². The zero-order valence-corrected chi connectivity index (χ0v) is 14.9. The zero-order valence-electron chi connectivity index (χ0n) is 14.2. The fourth-order valence-corrected chi connectivity index (χ4v) is 3.71. The van der Waals surface area contributed by atoms with Crippen molar-refractivity contribution in [1.82, 2.24) is 9.97 Å². The van der Waals surface area contributed by atoms with Crippen molar-refractivity contribution < 1.29 is 0 Å². The van der Waals surface area contributed by atoms with Gasteiger partial charge in [-0.25, -0.2) is 9.97 Å². The standard InChI is InChI=1S/C21H20ClN3/c1-14-23-20(16-8-4-9-17(22)12-16)13-21(24-14)25-19-11-5-7-15-6-2-3-10-18(15)19/h2-4,6,8-10,12-13,19H,5,7,11H2,1H3,(H,23,24,25). The topological polar surface area (TPSA) is 37.8 Å². The molecule has 0 fully saturated rings. The van der Waals surface area contributed by atoms with Gasteiger partial charge in [-0.15, -0.1) is 0 Å². The molecule has 1 unspecified atom stereocenters. The van der Waals surface area contributed by atoms with Crippen molar-refractivity contribution in [1.29, 1.82) is 0 Å². The third kappa shape index (κ3) is 3.52. The van der Waals surface area contributed by atoms with Gasteiger partial charge in [-0.05, 0) is 49.4 Å². The van der Waals surface area contributed by atoms with E-state index in [0.29, 0.717) is 11.1 Å². The van der Waals surface area contributed by atoms with Gasteiger partial charge in [0.1, 0.15) is 11.6 Å². The molecule has 4 heteroatoms. The van der Waals surface area contributed by atoms with Crippen LogP contribution in [0, 0.1) is 6.92 Å². The Bertz CT molecular complexity index is 907. The van der Waals surface area contributed by atoms with E-state index in [2.05, 4.69) is 39.6 Å². The Morgan fingerprint density at radius 2 is 1.92 bits per heavy atom. The predicted octanol–water partition coefficient (Wildman–Crippen LogP) is 5.59. The lowest BCUT2D eigenvalue weighted by Crippen LogP contribution is -2.18. The number of rotatable bonds is 3. The quantitative estimate of drug-likeness (QED) is 0.669. The molecular formula is C21H20ClN3. The number of aromatic nitrogens is 2. The second-order valence-corrected chi connectivity index (χ2v) is 6.92. The summed E-state index contributed by atoms with van der Waals surface area (Å²) in [5.41, 5.74) is 4.72. The molecule has 1 atom stereocenters. The summed E-state index contributed by atoms with van der Waals surface area (Å²) in [6.45, 7) is 1.92. The van der Waals surface area contributed by atoms with Crippen LogP contribution in [0.3, 0.4) is 0 Å². The van der Waals surface area contributed by atoms with Crippen LogP contribution in [0.15, 0.2) is 54.6 Å². The molecular weight excluding hydrogens is 330 g/mol. The summed E-state index contributed by atoms with van der Waals surface area (Å²) < 4.78 is 0. The Morgan fingerprint density at radius 1 is 1.04 bits per heavy atom. The van der Waals surface area contributed by atoms with Gasteiger partial charge in [0.05, 0.1) is 11.7 Å². The summed E-state index contributed by atoms with van der Waals surface area (Å²) in [5.74, 6) is 1.62. The summed E-state index contributed by atoms with van der Waals surface area (Å²) in [5, 5.41) is 4.33. The van der Waals surface area contributed by atoms with E-state index in [1.807, 2.05) is 37.3 Å². The monoisotopic (exact) mass is 349 g/mol. The first kappa shape index (κ1) is 16.1. The number of nitrogens with one attached hydrogen (secondary N) is 1. The molecule has 0 saturated heterocycles. The van der Waals surface area contributed by atoms with Crippen LogP contribution in [0.4, 0.5) is 5.82 Å². The minimum atomic E-state index is 0.298. The summed E-state index contributed by atoms with van der Waals surface area (Å²) in [7, 11) is 0. The number of hydrogen-bond acceptors (Lipinski definition) is 3. The van der Waals surface area contributed by atoms with Gasteiger partial charge >= 0.3 is 0 Å². The van der Waals surface area contributed by atoms with Crippen LogP contribution < -0.4 is 5.32 Å². The van der Waals surface area contributed by atoms with Crippen LogP contribution in [-0.4, -0.2) is 9.97 Å². The van der Waals surface area contributed by atoms with Gasteiger partial charge in [-0.3, -0.25) is 0 Å². The lowest BCUT2D eigenvalue weighted by Gasteiger charge is -2.27. The summed E-state index contributed by atoms with van der Waals surface area (Å²) in [6.07, 6.45) is 3.47. The molecule has 1 aromatic heterocycles. The maximum Gasteiger partial charge on any atom is 0.130 e. The van der Waals surface area contributed by atoms with Crippen molar-refractivity contribution in [3.05, 3.63) is 76.6 Å². The highest BCUT2D eigenvalue weighted by Gasteiger charge is 2.20. The molecule has 4 rings (SSSR count). The normalized spacial score (nSPS) is 16.3. The smallest absolute Gasteiger partial charge is 0.130 e. The molecule has 0 saturated carbocycles. The molecule has 1 aliphatic carbocycles. The van der Waals surface area contributed by atoms with E-state index in [9.17, 15) is 0 Å². The highest BCUT2D eigenvalue weighted by Crippen LogP contribution is 2.32. The Balaban J connectivity index is 1.66. The number of aryl methyl sites for hydroxylation is 2. The first-order valence-corrected chi connectivity index (χ1v) is 9.03. The van der Waals surface area contributed by atoms with Gasteiger partial charge in [0, 0.05) is 16.7 Å². The maximum atomic E-state index is 6.13. The Labute approximate surface area is 153 Å². The first-order chi connectivity index (χ1) is 12.2. The fourth-order valence-electron chi connectivity index (χ4n) is 3.52. The minimum absolute atomic E-state index is 0.298. The minimum Gasteiger partial charge on any atom is -0.363 e. The highest BCUT2D eigenvalue weighted by molar-refractivity contribution is 6.30. The van der Waals surface area contributed by atoms with Crippen LogP contribution in [0.25, 0.3) is 11.3 Å². The molecule has 0 radical (unpaired) electrons. The van der Waals surface area contributed by atoms with E-state index in [0.717, 1.165) is 35.7 Å². The second-order valence-electron chi connectivity index (χ2n) is 6.48. The number of anilines is 1. The number of benzene rings is 2. The van der Waals surface area contributed by atoms with Gasteiger partial charge in [0.2, 0.25) is 0 Å². The largest absolute Gasteiger partial charge is 0.363 e. The Kier molecular flexibility index (Phi) is 4.41. The van der Waals surface area contributed by atoms with Crippen LogP contribution in [-0.2, 0) is 6.42 Å². The van der Waals surface area contributed by atoms with Crippen molar-refractivity contribution in [3.63, 3.8) is 0 Å². The number of hydrogen-bond donors (Lipinski definition) is 1. The van der Waals surface area contributed by atoms with Gasteiger partial charge in [0.15, 0.2) is 0 Å². The van der Waals surface area contributed by atoms with Crippen molar-refractivity contribution in [2.24, 2.45) is 0 Å². The van der Waals surface area contributed by atoms with Gasteiger partial charge in [-0.2, -0.15) is 0 Å². The SMILES string of the molecule is Cc1nc(NC2CCCc3ccccc32)cc(-c2cccc(Cl)c2)n1. The average molecular weight is 350 g/mol. The number of halogens is 1. The Morgan fingerprint density at radius 3 is 2.80 bits per heavy atom. The third-order valence-electron chi connectivity index (χ3n) is 4.65. The lowest BCUT2D eigenvalue weighted by atomic mass is 9.88. The molecule has 126 valence electrons. The molecule has 25 heavy (non-hydrogen) atoms. The van der Waals surface area contributed by atoms with Crippen molar-refractivity contribution in [2.45, 2.75) is 32.2 Å².